The van der Waals surface area contributed by atoms with Gasteiger partial charge >= 0.3 is 0 Å². The van der Waals surface area contributed by atoms with E-state index in [1.165, 1.54) is 0 Å². The third-order valence-electron chi connectivity index (χ3n) is 2.33. The molecule has 0 spiro atoms. The molecule has 13 heavy (non-hydrogen) atoms. The number of rotatable bonds is 5. The molecule has 0 saturated carbocycles. The largest absolute Gasteiger partial charge is 0.295 e. The van der Waals surface area contributed by atoms with E-state index >= 15 is 0 Å². The Labute approximate surface area is 81.5 Å². The molecule has 0 rings (SSSR count). The number of allylic oxidation sites excluding steroid dienone is 3. The highest BCUT2D eigenvalue weighted by Gasteiger charge is 2.07. The normalized spacial score (nSPS) is 12.3. The lowest BCUT2D eigenvalue weighted by molar-refractivity contribution is -0.113. The first-order valence-electron chi connectivity index (χ1n) is 4.93. The van der Waals surface area contributed by atoms with Crippen LogP contribution in [0.4, 0.5) is 0 Å². The van der Waals surface area contributed by atoms with Crippen molar-refractivity contribution in [3.05, 3.63) is 23.3 Å². The second kappa shape index (κ2) is 5.74. The maximum Gasteiger partial charge on any atom is 0.155 e. The summed E-state index contributed by atoms with van der Waals surface area (Å²) < 4.78 is 0. The average Bonchev–Trinajstić information content (AvgIpc) is 2.11. The molecule has 0 aliphatic rings. The van der Waals surface area contributed by atoms with E-state index in [-0.39, 0.29) is 5.78 Å². The molecule has 0 bridgehead atoms. The first-order chi connectivity index (χ1) is 6.04. The predicted molar refractivity (Wildman–Crippen MR) is 57.7 cm³/mol. The third-order valence-corrected chi connectivity index (χ3v) is 2.33. The van der Waals surface area contributed by atoms with Gasteiger partial charge in [0.25, 0.3) is 0 Å². The van der Waals surface area contributed by atoms with Crippen LogP contribution in [0.15, 0.2) is 23.3 Å². The lowest BCUT2D eigenvalue weighted by Gasteiger charge is -2.11. The molecule has 0 atom stereocenters. The highest BCUT2D eigenvalue weighted by atomic mass is 16.1. The highest BCUT2D eigenvalue weighted by molar-refractivity contribution is 5.94. The van der Waals surface area contributed by atoms with Crippen LogP contribution in [-0.4, -0.2) is 5.78 Å². The molecule has 0 aromatic carbocycles. The first kappa shape index (κ1) is 12.2. The summed E-state index contributed by atoms with van der Waals surface area (Å²) in [6.45, 7) is 11.7. The lowest BCUT2D eigenvalue weighted by atomic mass is 9.94. The summed E-state index contributed by atoms with van der Waals surface area (Å²) >= 11 is 0. The number of carbonyl (C=O) groups is 1. The molecule has 1 heteroatoms. The molecule has 0 aliphatic heterocycles. The zero-order chi connectivity index (χ0) is 10.4. The molecule has 0 fully saturated rings. The zero-order valence-electron chi connectivity index (χ0n) is 9.24. The van der Waals surface area contributed by atoms with E-state index in [2.05, 4.69) is 20.4 Å². The van der Waals surface area contributed by atoms with Crippen molar-refractivity contribution in [3.8, 4) is 0 Å². The van der Waals surface area contributed by atoms with Gasteiger partial charge in [0, 0.05) is 0 Å². The molecule has 0 aliphatic carbocycles. The lowest BCUT2D eigenvalue weighted by Crippen LogP contribution is -2.00. The van der Waals surface area contributed by atoms with Gasteiger partial charge in [-0.2, -0.15) is 0 Å². The van der Waals surface area contributed by atoms with Crippen molar-refractivity contribution in [2.75, 3.05) is 0 Å². The summed E-state index contributed by atoms with van der Waals surface area (Å²) in [5.41, 5.74) is 3.15. The minimum Gasteiger partial charge on any atom is -0.295 e. The standard InChI is InChI=1S/C12H20O/c1-6-8-12(9(3)7-2)10(4)11(5)13/h3,6-8H2,1-2,4-5H3/b12-10+. The Morgan fingerprint density at radius 1 is 1.23 bits per heavy atom. The monoisotopic (exact) mass is 180 g/mol. The number of ketones is 1. The summed E-state index contributed by atoms with van der Waals surface area (Å²) in [4.78, 5) is 11.2. The number of Topliss-reactive ketones (excluding diaryl/α,β-unsaturated/α-hetero) is 1. The van der Waals surface area contributed by atoms with E-state index in [1.807, 2.05) is 6.92 Å². The van der Waals surface area contributed by atoms with Crippen LogP contribution in [-0.2, 0) is 4.79 Å². The SMILES string of the molecule is C=C(CC)/C(CCC)=C(\C)C(C)=O. The maximum atomic E-state index is 11.2. The maximum absolute atomic E-state index is 11.2. The van der Waals surface area contributed by atoms with Crippen LogP contribution in [0.25, 0.3) is 0 Å². The van der Waals surface area contributed by atoms with Crippen LogP contribution < -0.4 is 0 Å². The van der Waals surface area contributed by atoms with Crippen LogP contribution in [0, 0.1) is 0 Å². The van der Waals surface area contributed by atoms with Crippen molar-refractivity contribution in [2.45, 2.75) is 47.0 Å². The van der Waals surface area contributed by atoms with Gasteiger partial charge < -0.3 is 0 Å². The molecule has 0 saturated heterocycles. The van der Waals surface area contributed by atoms with Gasteiger partial charge in [0.05, 0.1) is 0 Å². The van der Waals surface area contributed by atoms with Gasteiger partial charge in [0.15, 0.2) is 5.78 Å². The van der Waals surface area contributed by atoms with Crippen LogP contribution >= 0.6 is 0 Å². The summed E-state index contributed by atoms with van der Waals surface area (Å²) in [7, 11) is 0. The van der Waals surface area contributed by atoms with Crippen molar-refractivity contribution in [1.82, 2.24) is 0 Å². The van der Waals surface area contributed by atoms with E-state index in [9.17, 15) is 4.79 Å². The van der Waals surface area contributed by atoms with Crippen LogP contribution in [0.5, 0.6) is 0 Å². The van der Waals surface area contributed by atoms with Crippen molar-refractivity contribution in [1.29, 1.82) is 0 Å². The molecule has 74 valence electrons. The molecule has 0 unspecified atom stereocenters. The van der Waals surface area contributed by atoms with Gasteiger partial charge in [-0.1, -0.05) is 32.4 Å². The zero-order valence-corrected chi connectivity index (χ0v) is 9.24. The second-order valence-electron chi connectivity index (χ2n) is 3.37. The predicted octanol–water partition coefficient (Wildman–Crippen LogP) is 3.66. The summed E-state index contributed by atoms with van der Waals surface area (Å²) in [6.07, 6.45) is 2.97. The Kier molecular flexibility index (Phi) is 5.36. The highest BCUT2D eigenvalue weighted by Crippen LogP contribution is 2.21. The Morgan fingerprint density at radius 3 is 2.08 bits per heavy atom. The van der Waals surface area contributed by atoms with E-state index in [0.717, 1.165) is 36.0 Å². The van der Waals surface area contributed by atoms with Gasteiger partial charge in [0.2, 0.25) is 0 Å². The fraction of sp³-hybridized carbons (Fsp3) is 0.583. The molecule has 0 amide bonds. The van der Waals surface area contributed by atoms with Crippen LogP contribution in [0.3, 0.4) is 0 Å². The van der Waals surface area contributed by atoms with Gasteiger partial charge in [0.1, 0.15) is 0 Å². The van der Waals surface area contributed by atoms with E-state index < -0.39 is 0 Å². The average molecular weight is 180 g/mol. The molecule has 0 N–H and O–H groups in total. The van der Waals surface area contributed by atoms with Crippen molar-refractivity contribution in [3.63, 3.8) is 0 Å². The molecule has 0 heterocycles. The van der Waals surface area contributed by atoms with Gasteiger partial charge in [-0.3, -0.25) is 4.79 Å². The topological polar surface area (TPSA) is 17.1 Å². The molecule has 0 aromatic rings. The third kappa shape index (κ3) is 3.58. The quantitative estimate of drug-likeness (QED) is 0.466. The molecule has 1 nitrogen and oxygen atoms in total. The van der Waals surface area contributed by atoms with E-state index in [1.54, 1.807) is 6.92 Å². The van der Waals surface area contributed by atoms with Crippen molar-refractivity contribution < 1.29 is 4.79 Å². The number of carbonyl (C=O) groups excluding carboxylic acids is 1. The Hall–Kier alpha value is -0.850. The Bertz CT molecular complexity index is 234. The minimum atomic E-state index is 0.165. The molecular formula is C12H20O. The summed E-state index contributed by atoms with van der Waals surface area (Å²) in [5, 5.41) is 0. The van der Waals surface area contributed by atoms with E-state index in [0.29, 0.717) is 0 Å². The van der Waals surface area contributed by atoms with E-state index in [4.69, 9.17) is 0 Å². The Balaban J connectivity index is 4.87. The minimum absolute atomic E-state index is 0.165. The second-order valence-corrected chi connectivity index (χ2v) is 3.37. The molecule has 0 aromatic heterocycles. The van der Waals surface area contributed by atoms with Crippen molar-refractivity contribution in [2.24, 2.45) is 0 Å². The first-order valence-corrected chi connectivity index (χ1v) is 4.93. The van der Waals surface area contributed by atoms with Gasteiger partial charge in [-0.25, -0.2) is 0 Å². The molecular weight excluding hydrogens is 160 g/mol. The van der Waals surface area contributed by atoms with Gasteiger partial charge in [-0.05, 0) is 37.8 Å². The fourth-order valence-electron chi connectivity index (χ4n) is 1.31. The Morgan fingerprint density at radius 2 is 1.77 bits per heavy atom. The number of hydrogen-bond acceptors (Lipinski definition) is 1. The fourth-order valence-corrected chi connectivity index (χ4v) is 1.31. The van der Waals surface area contributed by atoms with Crippen LogP contribution in [0.1, 0.15) is 47.0 Å². The van der Waals surface area contributed by atoms with Gasteiger partial charge in [-0.15, -0.1) is 0 Å². The summed E-state index contributed by atoms with van der Waals surface area (Å²) in [6, 6.07) is 0. The summed E-state index contributed by atoms with van der Waals surface area (Å²) in [5.74, 6) is 0.165. The smallest absolute Gasteiger partial charge is 0.155 e. The van der Waals surface area contributed by atoms with Crippen LogP contribution in [0.2, 0.25) is 0 Å². The van der Waals surface area contributed by atoms with Crippen molar-refractivity contribution >= 4 is 5.78 Å². The number of hydrogen-bond donors (Lipinski definition) is 0. The molecule has 0 radical (unpaired) electrons.